The summed E-state index contributed by atoms with van der Waals surface area (Å²) in [5.41, 5.74) is 0. The molecule has 0 aromatic carbocycles. The minimum absolute atomic E-state index is 1.41. The molecule has 0 rings (SSSR count). The standard InChI is InChI=1S/C10H22O2Si2/c1-13(2,3)11-9-7-8-10-12-14(4,5)6/h7-10H,1-6H3. The molecule has 0 aromatic rings. The van der Waals surface area contributed by atoms with Crippen molar-refractivity contribution in [1.82, 2.24) is 0 Å². The molecule has 4 heteroatoms. The van der Waals surface area contributed by atoms with Gasteiger partial charge in [0.2, 0.25) is 16.6 Å². The molecule has 0 radical (unpaired) electrons. The van der Waals surface area contributed by atoms with Crippen molar-refractivity contribution in [3.63, 3.8) is 0 Å². The summed E-state index contributed by atoms with van der Waals surface area (Å²) in [6.07, 6.45) is 7.24. The molecule has 82 valence electrons. The molecule has 0 heterocycles. The van der Waals surface area contributed by atoms with E-state index in [0.717, 1.165) is 0 Å². The minimum atomic E-state index is -1.41. The van der Waals surface area contributed by atoms with Crippen LogP contribution in [0.25, 0.3) is 0 Å². The number of rotatable bonds is 5. The van der Waals surface area contributed by atoms with E-state index in [1.807, 2.05) is 12.2 Å². The van der Waals surface area contributed by atoms with Gasteiger partial charge in [0.25, 0.3) is 0 Å². The van der Waals surface area contributed by atoms with Crippen molar-refractivity contribution in [1.29, 1.82) is 0 Å². The van der Waals surface area contributed by atoms with Gasteiger partial charge in [0.05, 0.1) is 12.5 Å². The van der Waals surface area contributed by atoms with E-state index in [1.165, 1.54) is 0 Å². The highest BCUT2D eigenvalue weighted by molar-refractivity contribution is 6.70. The van der Waals surface area contributed by atoms with Crippen LogP contribution < -0.4 is 0 Å². The van der Waals surface area contributed by atoms with E-state index in [2.05, 4.69) is 39.3 Å². The summed E-state index contributed by atoms with van der Waals surface area (Å²) < 4.78 is 11.0. The molecule has 0 atom stereocenters. The molecular formula is C10H22O2Si2. The highest BCUT2D eigenvalue weighted by Gasteiger charge is 2.13. The number of hydrogen-bond acceptors (Lipinski definition) is 2. The van der Waals surface area contributed by atoms with Crippen molar-refractivity contribution in [3.05, 3.63) is 24.7 Å². The van der Waals surface area contributed by atoms with Crippen molar-refractivity contribution in [2.75, 3.05) is 0 Å². The minimum Gasteiger partial charge on any atom is -0.550 e. The van der Waals surface area contributed by atoms with E-state index < -0.39 is 16.6 Å². The zero-order valence-corrected chi connectivity index (χ0v) is 12.1. The summed E-state index contributed by atoms with van der Waals surface area (Å²) >= 11 is 0. The molecule has 14 heavy (non-hydrogen) atoms. The normalized spacial score (nSPS) is 13.9. The van der Waals surface area contributed by atoms with Gasteiger partial charge in [-0.3, -0.25) is 0 Å². The SMILES string of the molecule is C[Si](C)(C)OC=CC=CO[Si](C)(C)C. The van der Waals surface area contributed by atoms with Gasteiger partial charge in [-0.1, -0.05) is 0 Å². The lowest BCUT2D eigenvalue weighted by Gasteiger charge is -2.15. The molecule has 2 nitrogen and oxygen atoms in total. The van der Waals surface area contributed by atoms with Crippen LogP contribution >= 0.6 is 0 Å². The van der Waals surface area contributed by atoms with Gasteiger partial charge in [-0.15, -0.1) is 0 Å². The highest BCUT2D eigenvalue weighted by atomic mass is 28.4. The van der Waals surface area contributed by atoms with Gasteiger partial charge in [0.15, 0.2) is 0 Å². The van der Waals surface area contributed by atoms with Gasteiger partial charge in [0, 0.05) is 0 Å². The first-order valence-corrected chi connectivity index (χ1v) is 11.7. The largest absolute Gasteiger partial charge is 0.550 e. The lowest BCUT2D eigenvalue weighted by atomic mass is 10.6. The average Bonchev–Trinajstić information content (AvgIpc) is 1.92. The van der Waals surface area contributed by atoms with Crippen molar-refractivity contribution in [2.24, 2.45) is 0 Å². The topological polar surface area (TPSA) is 18.5 Å². The first-order chi connectivity index (χ1) is 6.21. The first-order valence-electron chi connectivity index (χ1n) is 4.88. The van der Waals surface area contributed by atoms with Crippen molar-refractivity contribution >= 4 is 16.6 Å². The molecule has 0 aliphatic rings. The van der Waals surface area contributed by atoms with Crippen molar-refractivity contribution < 1.29 is 8.85 Å². The quantitative estimate of drug-likeness (QED) is 0.407. The zero-order chi connectivity index (χ0) is 11.2. The zero-order valence-electron chi connectivity index (χ0n) is 10.1. The Bertz CT molecular complexity index is 185. The van der Waals surface area contributed by atoms with Crippen LogP contribution in [0.2, 0.25) is 39.3 Å². The predicted octanol–water partition coefficient (Wildman–Crippen LogP) is 3.72. The fourth-order valence-corrected chi connectivity index (χ4v) is 1.55. The van der Waals surface area contributed by atoms with Gasteiger partial charge in [0.1, 0.15) is 0 Å². The summed E-state index contributed by atoms with van der Waals surface area (Å²) in [7, 11) is -2.81. The Morgan fingerprint density at radius 2 is 0.929 bits per heavy atom. The Kier molecular flexibility index (Phi) is 5.22. The van der Waals surface area contributed by atoms with E-state index in [-0.39, 0.29) is 0 Å². The third-order valence-electron chi connectivity index (χ3n) is 1.11. The second kappa shape index (κ2) is 5.41. The van der Waals surface area contributed by atoms with E-state index in [1.54, 1.807) is 12.5 Å². The summed E-state index contributed by atoms with van der Waals surface area (Å²) in [5.74, 6) is 0. The lowest BCUT2D eigenvalue weighted by Crippen LogP contribution is -2.22. The van der Waals surface area contributed by atoms with Crippen LogP contribution in [-0.2, 0) is 8.85 Å². The summed E-state index contributed by atoms with van der Waals surface area (Å²) in [6.45, 7) is 12.9. The van der Waals surface area contributed by atoms with Crippen LogP contribution in [0.1, 0.15) is 0 Å². The second-order valence-corrected chi connectivity index (χ2v) is 14.0. The molecule has 0 aromatic heterocycles. The van der Waals surface area contributed by atoms with E-state index in [4.69, 9.17) is 8.85 Å². The average molecular weight is 230 g/mol. The Hall–Kier alpha value is -0.486. The molecular weight excluding hydrogens is 208 g/mol. The summed E-state index contributed by atoms with van der Waals surface area (Å²) in [5, 5.41) is 0. The maximum absolute atomic E-state index is 5.52. The van der Waals surface area contributed by atoms with E-state index in [0.29, 0.717) is 0 Å². The van der Waals surface area contributed by atoms with Crippen LogP contribution in [0.15, 0.2) is 24.7 Å². The molecule has 0 spiro atoms. The fraction of sp³-hybridized carbons (Fsp3) is 0.600. The van der Waals surface area contributed by atoms with Crippen LogP contribution in [0.5, 0.6) is 0 Å². The predicted molar refractivity (Wildman–Crippen MR) is 67.1 cm³/mol. The number of hydrogen-bond donors (Lipinski definition) is 0. The Labute approximate surface area is 89.9 Å². The Balaban J connectivity index is 3.73. The van der Waals surface area contributed by atoms with E-state index >= 15 is 0 Å². The van der Waals surface area contributed by atoms with Crippen molar-refractivity contribution in [2.45, 2.75) is 39.3 Å². The lowest BCUT2D eigenvalue weighted by molar-refractivity contribution is 0.473. The van der Waals surface area contributed by atoms with E-state index in [9.17, 15) is 0 Å². The van der Waals surface area contributed by atoms with Crippen LogP contribution in [0.3, 0.4) is 0 Å². The molecule has 0 fully saturated rings. The highest BCUT2D eigenvalue weighted by Crippen LogP contribution is 2.04. The maximum Gasteiger partial charge on any atom is 0.241 e. The fourth-order valence-electron chi connectivity index (χ4n) is 0.578. The summed E-state index contributed by atoms with van der Waals surface area (Å²) in [6, 6.07) is 0. The van der Waals surface area contributed by atoms with Crippen LogP contribution in [0, 0.1) is 0 Å². The Morgan fingerprint density at radius 1 is 0.643 bits per heavy atom. The van der Waals surface area contributed by atoms with Gasteiger partial charge in [-0.25, -0.2) is 0 Å². The maximum atomic E-state index is 5.52. The van der Waals surface area contributed by atoms with Crippen LogP contribution in [0.4, 0.5) is 0 Å². The molecule has 0 N–H and O–H groups in total. The molecule has 0 saturated heterocycles. The third kappa shape index (κ3) is 11.5. The Morgan fingerprint density at radius 3 is 1.14 bits per heavy atom. The molecule has 0 unspecified atom stereocenters. The monoisotopic (exact) mass is 230 g/mol. The van der Waals surface area contributed by atoms with Crippen LogP contribution in [-0.4, -0.2) is 16.6 Å². The molecule has 0 aliphatic carbocycles. The molecule has 0 aliphatic heterocycles. The van der Waals surface area contributed by atoms with Gasteiger partial charge in [-0.05, 0) is 51.4 Å². The molecule has 0 bridgehead atoms. The van der Waals surface area contributed by atoms with Gasteiger partial charge >= 0.3 is 0 Å². The third-order valence-corrected chi connectivity index (χ3v) is 2.80. The number of allylic oxidation sites excluding steroid dienone is 2. The van der Waals surface area contributed by atoms with Gasteiger partial charge in [-0.2, -0.15) is 0 Å². The van der Waals surface area contributed by atoms with Gasteiger partial charge < -0.3 is 8.85 Å². The van der Waals surface area contributed by atoms with Crippen molar-refractivity contribution in [3.8, 4) is 0 Å². The second-order valence-electron chi connectivity index (χ2n) is 5.12. The smallest absolute Gasteiger partial charge is 0.241 e. The molecule has 0 amide bonds. The molecule has 0 saturated carbocycles. The summed E-state index contributed by atoms with van der Waals surface area (Å²) in [4.78, 5) is 0. The first kappa shape index (κ1) is 13.5.